The lowest BCUT2D eigenvalue weighted by Gasteiger charge is -2.25. The normalized spacial score (nSPS) is 14.8. The van der Waals surface area contributed by atoms with Crippen LogP contribution in [0.1, 0.15) is 28.8 Å². The highest BCUT2D eigenvalue weighted by molar-refractivity contribution is 5.89. The molecular weight excluding hydrogens is 349 g/mol. The molecule has 1 aliphatic rings. The van der Waals surface area contributed by atoms with Gasteiger partial charge in [0.05, 0.1) is 12.7 Å². The third-order valence-corrected chi connectivity index (χ3v) is 4.50. The van der Waals surface area contributed by atoms with Crippen LogP contribution in [-0.2, 0) is 11.3 Å². The molecule has 2 aromatic rings. The molecule has 27 heavy (non-hydrogen) atoms. The van der Waals surface area contributed by atoms with E-state index in [9.17, 15) is 14.3 Å². The van der Waals surface area contributed by atoms with Crippen LogP contribution in [0.25, 0.3) is 0 Å². The predicted molar refractivity (Wildman–Crippen MR) is 99.1 cm³/mol. The van der Waals surface area contributed by atoms with Crippen LogP contribution < -0.4 is 4.74 Å². The van der Waals surface area contributed by atoms with Crippen molar-refractivity contribution in [3.8, 4) is 5.75 Å². The predicted octanol–water partition coefficient (Wildman–Crippen LogP) is 3.02. The number of rotatable bonds is 9. The molecule has 0 heterocycles. The van der Waals surface area contributed by atoms with E-state index in [2.05, 4.69) is 4.90 Å². The smallest absolute Gasteiger partial charge is 0.337 e. The molecule has 0 bridgehead atoms. The number of halogens is 1. The molecule has 6 heteroatoms. The Morgan fingerprint density at radius 1 is 1.26 bits per heavy atom. The topological polar surface area (TPSA) is 59.0 Å². The Kier molecular flexibility index (Phi) is 6.42. The molecule has 2 aromatic carbocycles. The van der Waals surface area contributed by atoms with E-state index in [1.165, 1.54) is 19.2 Å². The standard InChI is InChI=1S/C21H24FNO4/c1-26-21(25)16-3-2-4-20(11-16)27-14-19(24)13-23(18-9-10-18)12-15-5-7-17(22)8-6-15/h2-8,11,18-19,24H,9-10,12-14H2,1H3/t19-/m0/s1. The van der Waals surface area contributed by atoms with E-state index < -0.39 is 12.1 Å². The average molecular weight is 373 g/mol. The van der Waals surface area contributed by atoms with Gasteiger partial charge in [0.15, 0.2) is 0 Å². The summed E-state index contributed by atoms with van der Waals surface area (Å²) in [5, 5.41) is 10.4. The molecule has 1 aliphatic carbocycles. The van der Waals surface area contributed by atoms with E-state index in [0.717, 1.165) is 18.4 Å². The third kappa shape index (κ3) is 5.77. The summed E-state index contributed by atoms with van der Waals surface area (Å²) in [7, 11) is 1.33. The Morgan fingerprint density at radius 3 is 2.67 bits per heavy atom. The van der Waals surface area contributed by atoms with Crippen molar-refractivity contribution in [3.63, 3.8) is 0 Å². The van der Waals surface area contributed by atoms with Gasteiger partial charge < -0.3 is 14.6 Å². The lowest BCUT2D eigenvalue weighted by molar-refractivity contribution is 0.0595. The molecule has 1 N–H and O–H groups in total. The van der Waals surface area contributed by atoms with Gasteiger partial charge in [-0.25, -0.2) is 9.18 Å². The average Bonchev–Trinajstić information content (AvgIpc) is 3.52. The van der Waals surface area contributed by atoms with Gasteiger partial charge in [-0.2, -0.15) is 0 Å². The number of nitrogens with zero attached hydrogens (tertiary/aromatic N) is 1. The van der Waals surface area contributed by atoms with Gasteiger partial charge in [-0.3, -0.25) is 4.90 Å². The molecule has 1 saturated carbocycles. The monoisotopic (exact) mass is 373 g/mol. The highest BCUT2D eigenvalue weighted by Gasteiger charge is 2.30. The van der Waals surface area contributed by atoms with E-state index in [4.69, 9.17) is 9.47 Å². The lowest BCUT2D eigenvalue weighted by Crippen LogP contribution is -2.36. The van der Waals surface area contributed by atoms with Crippen molar-refractivity contribution in [2.75, 3.05) is 20.3 Å². The van der Waals surface area contributed by atoms with E-state index >= 15 is 0 Å². The van der Waals surface area contributed by atoms with Crippen LogP contribution in [0.5, 0.6) is 5.75 Å². The maximum absolute atomic E-state index is 13.1. The maximum Gasteiger partial charge on any atom is 0.337 e. The van der Waals surface area contributed by atoms with Crippen molar-refractivity contribution >= 4 is 5.97 Å². The van der Waals surface area contributed by atoms with Gasteiger partial charge in [-0.15, -0.1) is 0 Å². The van der Waals surface area contributed by atoms with Crippen LogP contribution in [0.3, 0.4) is 0 Å². The van der Waals surface area contributed by atoms with Crippen LogP contribution in [-0.4, -0.2) is 48.4 Å². The van der Waals surface area contributed by atoms with E-state index in [-0.39, 0.29) is 12.4 Å². The van der Waals surface area contributed by atoms with Crippen LogP contribution in [0, 0.1) is 5.82 Å². The maximum atomic E-state index is 13.1. The van der Waals surface area contributed by atoms with Crippen LogP contribution in [0.15, 0.2) is 48.5 Å². The van der Waals surface area contributed by atoms with Crippen molar-refractivity contribution in [2.45, 2.75) is 31.5 Å². The van der Waals surface area contributed by atoms with E-state index in [1.807, 2.05) is 0 Å². The number of esters is 1. The molecule has 0 unspecified atom stereocenters. The van der Waals surface area contributed by atoms with Crippen LogP contribution in [0.2, 0.25) is 0 Å². The minimum absolute atomic E-state index is 0.122. The highest BCUT2D eigenvalue weighted by atomic mass is 19.1. The first-order valence-corrected chi connectivity index (χ1v) is 9.03. The number of hydrogen-bond acceptors (Lipinski definition) is 5. The van der Waals surface area contributed by atoms with Gasteiger partial charge in [-0.05, 0) is 48.7 Å². The minimum atomic E-state index is -0.673. The largest absolute Gasteiger partial charge is 0.491 e. The number of ether oxygens (including phenoxy) is 2. The Hall–Kier alpha value is -2.44. The molecule has 0 aliphatic heterocycles. The zero-order valence-corrected chi connectivity index (χ0v) is 15.3. The van der Waals surface area contributed by atoms with Crippen molar-refractivity contribution in [2.24, 2.45) is 0 Å². The molecule has 0 amide bonds. The van der Waals surface area contributed by atoms with Crippen molar-refractivity contribution in [3.05, 3.63) is 65.5 Å². The van der Waals surface area contributed by atoms with Gasteiger partial charge in [0, 0.05) is 19.1 Å². The summed E-state index contributed by atoms with van der Waals surface area (Å²) in [5.41, 5.74) is 1.42. The number of methoxy groups -OCH3 is 1. The molecule has 1 fully saturated rings. The van der Waals surface area contributed by atoms with Crippen LogP contribution in [0.4, 0.5) is 4.39 Å². The second-order valence-corrected chi connectivity index (χ2v) is 6.77. The molecule has 3 rings (SSSR count). The van der Waals surface area contributed by atoms with E-state index in [0.29, 0.717) is 30.4 Å². The molecule has 144 valence electrons. The second-order valence-electron chi connectivity index (χ2n) is 6.77. The zero-order chi connectivity index (χ0) is 19.2. The van der Waals surface area contributed by atoms with Crippen LogP contribution >= 0.6 is 0 Å². The molecule has 0 radical (unpaired) electrons. The first-order chi connectivity index (χ1) is 13.0. The summed E-state index contributed by atoms with van der Waals surface area (Å²) < 4.78 is 23.4. The quantitative estimate of drug-likeness (QED) is 0.685. The van der Waals surface area contributed by atoms with Gasteiger partial charge in [0.2, 0.25) is 0 Å². The van der Waals surface area contributed by atoms with Crippen molar-refractivity contribution in [1.29, 1.82) is 0 Å². The zero-order valence-electron chi connectivity index (χ0n) is 15.3. The molecule has 5 nitrogen and oxygen atoms in total. The first kappa shape index (κ1) is 19.3. The number of aliphatic hydroxyl groups excluding tert-OH is 1. The molecule has 0 aromatic heterocycles. The van der Waals surface area contributed by atoms with Gasteiger partial charge in [0.1, 0.15) is 24.3 Å². The van der Waals surface area contributed by atoms with Gasteiger partial charge in [-0.1, -0.05) is 18.2 Å². The number of carbonyl (C=O) groups excluding carboxylic acids is 1. The Balaban J connectivity index is 1.53. The fourth-order valence-corrected chi connectivity index (χ4v) is 2.95. The number of aliphatic hydroxyl groups is 1. The number of carbonyl (C=O) groups is 1. The third-order valence-electron chi connectivity index (χ3n) is 4.50. The highest BCUT2D eigenvalue weighted by Crippen LogP contribution is 2.28. The summed E-state index contributed by atoms with van der Waals surface area (Å²) >= 11 is 0. The summed E-state index contributed by atoms with van der Waals surface area (Å²) in [6.45, 7) is 1.26. The Labute approximate surface area is 158 Å². The summed E-state index contributed by atoms with van der Waals surface area (Å²) in [5.74, 6) is -0.173. The second kappa shape index (κ2) is 8.97. The Morgan fingerprint density at radius 2 is 2.00 bits per heavy atom. The summed E-state index contributed by atoms with van der Waals surface area (Å²) in [6.07, 6.45) is 1.54. The summed E-state index contributed by atoms with van der Waals surface area (Å²) in [4.78, 5) is 13.8. The number of benzene rings is 2. The fraction of sp³-hybridized carbons (Fsp3) is 0.381. The lowest BCUT2D eigenvalue weighted by atomic mass is 10.2. The minimum Gasteiger partial charge on any atom is -0.491 e. The SMILES string of the molecule is COC(=O)c1cccc(OC[C@@H](O)CN(Cc2ccc(F)cc2)C2CC2)c1. The molecular formula is C21H24FNO4. The van der Waals surface area contributed by atoms with Crippen molar-refractivity contribution < 1.29 is 23.8 Å². The molecule has 0 spiro atoms. The van der Waals surface area contributed by atoms with E-state index in [1.54, 1.807) is 36.4 Å². The van der Waals surface area contributed by atoms with Gasteiger partial charge in [0.25, 0.3) is 0 Å². The Bertz CT molecular complexity index is 761. The fourth-order valence-electron chi connectivity index (χ4n) is 2.95. The molecule has 1 atom stereocenters. The first-order valence-electron chi connectivity index (χ1n) is 9.03. The molecule has 0 saturated heterocycles. The van der Waals surface area contributed by atoms with Crippen molar-refractivity contribution in [1.82, 2.24) is 4.90 Å². The van der Waals surface area contributed by atoms with Gasteiger partial charge >= 0.3 is 5.97 Å². The number of hydrogen-bond donors (Lipinski definition) is 1. The summed E-state index contributed by atoms with van der Waals surface area (Å²) in [6, 6.07) is 13.6.